The molecule has 1 aliphatic heterocycles. The normalized spacial score (nSPS) is 16.1. The number of hydrogen-bond acceptors (Lipinski definition) is 2. The first kappa shape index (κ1) is 10.8. The highest BCUT2D eigenvalue weighted by molar-refractivity contribution is 7.14. The third kappa shape index (κ3) is 2.37. The molecule has 0 spiro atoms. The van der Waals surface area contributed by atoms with Gasteiger partial charge in [0.1, 0.15) is 0 Å². The minimum absolute atomic E-state index is 1.23. The predicted octanol–water partition coefficient (Wildman–Crippen LogP) is 4.41. The third-order valence-electron chi connectivity index (χ3n) is 3.37. The van der Waals surface area contributed by atoms with Gasteiger partial charge in [-0.05, 0) is 30.9 Å². The van der Waals surface area contributed by atoms with Gasteiger partial charge >= 0.3 is 0 Å². The van der Waals surface area contributed by atoms with Crippen molar-refractivity contribution in [1.82, 2.24) is 0 Å². The van der Waals surface area contributed by atoms with Crippen LogP contribution in [0.15, 0.2) is 41.8 Å². The first-order chi connectivity index (χ1) is 8.43. The van der Waals surface area contributed by atoms with Crippen molar-refractivity contribution in [2.75, 3.05) is 18.0 Å². The Kier molecular flexibility index (Phi) is 3.14. The van der Waals surface area contributed by atoms with E-state index in [1.165, 1.54) is 48.5 Å². The topological polar surface area (TPSA) is 3.24 Å². The van der Waals surface area contributed by atoms with Gasteiger partial charge in [-0.3, -0.25) is 0 Å². The fraction of sp³-hybridized carbons (Fsp3) is 0.333. The van der Waals surface area contributed by atoms with E-state index in [2.05, 4.69) is 46.7 Å². The maximum absolute atomic E-state index is 2.52. The zero-order chi connectivity index (χ0) is 11.5. The Labute approximate surface area is 107 Å². The summed E-state index contributed by atoms with van der Waals surface area (Å²) in [5, 5.41) is 2.30. The van der Waals surface area contributed by atoms with E-state index in [0.29, 0.717) is 0 Å². The van der Waals surface area contributed by atoms with Crippen LogP contribution in [0.1, 0.15) is 19.3 Å². The summed E-state index contributed by atoms with van der Waals surface area (Å²) in [6, 6.07) is 13.0. The first-order valence-corrected chi connectivity index (χ1v) is 7.20. The van der Waals surface area contributed by atoms with Crippen molar-refractivity contribution in [3.05, 3.63) is 41.8 Å². The highest BCUT2D eigenvalue weighted by atomic mass is 32.1. The van der Waals surface area contributed by atoms with Crippen LogP contribution >= 0.6 is 11.3 Å². The van der Waals surface area contributed by atoms with Crippen LogP contribution in [0.2, 0.25) is 0 Å². The summed E-state index contributed by atoms with van der Waals surface area (Å²) in [6.07, 6.45) is 4.08. The first-order valence-electron chi connectivity index (χ1n) is 6.32. The maximum atomic E-state index is 2.52. The standard InChI is InChI=1S/C15H17NS/c1-3-7-13(8-4-1)15-11-14(12-17-15)16-9-5-2-6-10-16/h1,3-4,7-8,11-12H,2,5-6,9-10H2. The zero-order valence-corrected chi connectivity index (χ0v) is 10.7. The highest BCUT2D eigenvalue weighted by Gasteiger charge is 2.12. The van der Waals surface area contributed by atoms with Crippen LogP contribution in [0.3, 0.4) is 0 Å². The Hall–Kier alpha value is -1.28. The molecule has 0 unspecified atom stereocenters. The van der Waals surface area contributed by atoms with E-state index in [-0.39, 0.29) is 0 Å². The van der Waals surface area contributed by atoms with E-state index in [1.807, 2.05) is 11.3 Å². The van der Waals surface area contributed by atoms with Crippen molar-refractivity contribution < 1.29 is 0 Å². The van der Waals surface area contributed by atoms with Crippen molar-refractivity contribution in [2.24, 2.45) is 0 Å². The van der Waals surface area contributed by atoms with Crippen LogP contribution in [0.5, 0.6) is 0 Å². The summed E-state index contributed by atoms with van der Waals surface area (Å²) in [5.41, 5.74) is 2.74. The molecule has 0 saturated carbocycles. The van der Waals surface area contributed by atoms with Crippen LogP contribution in [0, 0.1) is 0 Å². The number of nitrogens with zero attached hydrogens (tertiary/aromatic N) is 1. The molecule has 1 saturated heterocycles. The summed E-state index contributed by atoms with van der Waals surface area (Å²) in [6.45, 7) is 2.45. The molecule has 2 heteroatoms. The van der Waals surface area contributed by atoms with Gasteiger partial charge in [-0.15, -0.1) is 11.3 Å². The van der Waals surface area contributed by atoms with Gasteiger partial charge in [-0.2, -0.15) is 0 Å². The van der Waals surface area contributed by atoms with Gasteiger partial charge in [-0.25, -0.2) is 0 Å². The van der Waals surface area contributed by atoms with Crippen molar-refractivity contribution in [3.8, 4) is 10.4 Å². The molecule has 0 atom stereocenters. The second kappa shape index (κ2) is 4.92. The molecule has 0 N–H and O–H groups in total. The summed E-state index contributed by atoms with van der Waals surface area (Å²) in [7, 11) is 0. The van der Waals surface area contributed by atoms with Crippen LogP contribution in [0.25, 0.3) is 10.4 Å². The number of thiophene rings is 1. The second-order valence-electron chi connectivity index (χ2n) is 4.58. The average Bonchev–Trinajstić information content (AvgIpc) is 2.90. The lowest BCUT2D eigenvalue weighted by atomic mass is 10.1. The van der Waals surface area contributed by atoms with Gasteiger partial charge in [0.25, 0.3) is 0 Å². The number of benzene rings is 1. The van der Waals surface area contributed by atoms with Gasteiger partial charge in [0.05, 0.1) is 0 Å². The lowest BCUT2D eigenvalue weighted by Crippen LogP contribution is -2.28. The van der Waals surface area contributed by atoms with Crippen LogP contribution in [0.4, 0.5) is 5.69 Å². The largest absolute Gasteiger partial charge is 0.371 e. The molecular weight excluding hydrogens is 226 g/mol. The third-order valence-corrected chi connectivity index (χ3v) is 4.33. The molecule has 1 aliphatic rings. The monoisotopic (exact) mass is 243 g/mol. The Morgan fingerprint density at radius 3 is 2.47 bits per heavy atom. The summed E-state index contributed by atoms with van der Waals surface area (Å²) in [5.74, 6) is 0. The molecule has 2 aromatic rings. The molecule has 1 nitrogen and oxygen atoms in total. The molecule has 1 aromatic heterocycles. The molecule has 2 heterocycles. The summed E-state index contributed by atoms with van der Waals surface area (Å²) >= 11 is 1.85. The average molecular weight is 243 g/mol. The second-order valence-corrected chi connectivity index (χ2v) is 5.49. The fourth-order valence-electron chi connectivity index (χ4n) is 2.40. The van der Waals surface area contributed by atoms with E-state index < -0.39 is 0 Å². The minimum atomic E-state index is 1.23. The Bertz CT molecular complexity index is 469. The van der Waals surface area contributed by atoms with E-state index in [9.17, 15) is 0 Å². The van der Waals surface area contributed by atoms with E-state index in [0.717, 1.165) is 0 Å². The number of hydrogen-bond donors (Lipinski definition) is 0. The highest BCUT2D eigenvalue weighted by Crippen LogP contribution is 2.32. The van der Waals surface area contributed by atoms with Crippen LogP contribution in [-0.2, 0) is 0 Å². The molecule has 3 rings (SSSR count). The molecule has 17 heavy (non-hydrogen) atoms. The molecule has 0 radical (unpaired) electrons. The SMILES string of the molecule is c1ccc(-c2cc(N3CCCCC3)cs2)cc1. The Balaban J connectivity index is 1.83. The molecule has 1 aromatic carbocycles. The molecular formula is C15H17NS. The minimum Gasteiger partial charge on any atom is -0.371 e. The van der Waals surface area contributed by atoms with Gasteiger partial charge < -0.3 is 4.90 Å². The van der Waals surface area contributed by atoms with Crippen molar-refractivity contribution >= 4 is 17.0 Å². The quantitative estimate of drug-likeness (QED) is 0.755. The lowest BCUT2D eigenvalue weighted by Gasteiger charge is -2.27. The number of rotatable bonds is 2. The summed E-state index contributed by atoms with van der Waals surface area (Å²) in [4.78, 5) is 3.90. The van der Waals surface area contributed by atoms with Crippen molar-refractivity contribution in [1.29, 1.82) is 0 Å². The van der Waals surface area contributed by atoms with Crippen LogP contribution < -0.4 is 4.90 Å². The molecule has 0 bridgehead atoms. The van der Waals surface area contributed by atoms with E-state index in [1.54, 1.807) is 0 Å². The van der Waals surface area contributed by atoms with Gasteiger partial charge in [0, 0.05) is 29.0 Å². The number of piperidine rings is 1. The van der Waals surface area contributed by atoms with Gasteiger partial charge in [0.15, 0.2) is 0 Å². The van der Waals surface area contributed by atoms with E-state index in [4.69, 9.17) is 0 Å². The van der Waals surface area contributed by atoms with E-state index >= 15 is 0 Å². The molecule has 1 fully saturated rings. The van der Waals surface area contributed by atoms with Gasteiger partial charge in [-0.1, -0.05) is 30.3 Å². The Morgan fingerprint density at radius 2 is 1.71 bits per heavy atom. The van der Waals surface area contributed by atoms with Crippen molar-refractivity contribution in [2.45, 2.75) is 19.3 Å². The Morgan fingerprint density at radius 1 is 0.941 bits per heavy atom. The molecule has 0 aliphatic carbocycles. The molecule has 88 valence electrons. The lowest BCUT2D eigenvalue weighted by molar-refractivity contribution is 0.578. The smallest absolute Gasteiger partial charge is 0.0481 e. The number of anilines is 1. The zero-order valence-electron chi connectivity index (χ0n) is 9.93. The molecule has 0 amide bonds. The van der Waals surface area contributed by atoms with Crippen molar-refractivity contribution in [3.63, 3.8) is 0 Å². The predicted molar refractivity (Wildman–Crippen MR) is 75.8 cm³/mol. The fourth-order valence-corrected chi connectivity index (χ4v) is 3.32. The summed E-state index contributed by atoms with van der Waals surface area (Å²) < 4.78 is 0. The maximum Gasteiger partial charge on any atom is 0.0481 e. The van der Waals surface area contributed by atoms with Gasteiger partial charge in [0.2, 0.25) is 0 Å². The van der Waals surface area contributed by atoms with Crippen LogP contribution in [-0.4, -0.2) is 13.1 Å².